The summed E-state index contributed by atoms with van der Waals surface area (Å²) < 4.78 is 1.21. The van der Waals surface area contributed by atoms with Crippen LogP contribution in [-0.2, 0) is 13.1 Å². The van der Waals surface area contributed by atoms with E-state index in [1.807, 2.05) is 7.05 Å². The molecule has 0 aromatic heterocycles. The average molecular weight is 328 g/mol. The Balaban J connectivity index is 2.47. The monoisotopic (exact) mass is 327 g/mol. The van der Waals surface area contributed by atoms with E-state index in [0.717, 1.165) is 26.2 Å². The Morgan fingerprint density at radius 3 is 2.47 bits per heavy atom. The third-order valence-corrected chi connectivity index (χ3v) is 3.82. The molecule has 0 heterocycles. The number of nitrogens with one attached hydrogen (secondary N) is 1. The Kier molecular flexibility index (Phi) is 7.61. The van der Waals surface area contributed by atoms with Gasteiger partial charge in [0.25, 0.3) is 0 Å². The van der Waals surface area contributed by atoms with Gasteiger partial charge in [-0.05, 0) is 64.9 Å². The number of hydrogen-bond donors (Lipinski definition) is 1. The van der Waals surface area contributed by atoms with Crippen LogP contribution in [0.2, 0.25) is 0 Å². The van der Waals surface area contributed by atoms with Gasteiger partial charge in [-0.3, -0.25) is 0 Å². The molecule has 0 saturated heterocycles. The molecule has 0 fully saturated rings. The lowest BCUT2D eigenvalue weighted by molar-refractivity contribution is 0.294. The fourth-order valence-corrected chi connectivity index (χ4v) is 2.61. The van der Waals surface area contributed by atoms with E-state index in [4.69, 9.17) is 0 Å². The van der Waals surface area contributed by atoms with Gasteiger partial charge in [0.05, 0.1) is 0 Å². The number of rotatable bonds is 8. The summed E-state index contributed by atoms with van der Waals surface area (Å²) in [5.74, 6) is 0. The molecule has 1 N–H and O–H groups in total. The fourth-order valence-electron chi connectivity index (χ4n) is 2.06. The zero-order chi connectivity index (χ0) is 14.3. The molecule has 0 atom stereocenters. The predicted molar refractivity (Wildman–Crippen MR) is 86.4 cm³/mol. The van der Waals surface area contributed by atoms with Gasteiger partial charge in [-0.2, -0.15) is 0 Å². The zero-order valence-electron chi connectivity index (χ0n) is 12.5. The summed E-state index contributed by atoms with van der Waals surface area (Å²) in [4.78, 5) is 4.61. The van der Waals surface area contributed by atoms with Crippen molar-refractivity contribution in [2.45, 2.75) is 19.5 Å². The predicted octanol–water partition coefficient (Wildman–Crippen LogP) is 2.55. The molecule has 0 radical (unpaired) electrons. The van der Waals surface area contributed by atoms with Crippen molar-refractivity contribution < 1.29 is 0 Å². The molecule has 1 aromatic carbocycles. The van der Waals surface area contributed by atoms with Crippen LogP contribution >= 0.6 is 15.9 Å². The molecule has 0 bridgehead atoms. The largest absolute Gasteiger partial charge is 0.316 e. The fraction of sp³-hybridized carbons (Fsp3) is 0.600. The summed E-state index contributed by atoms with van der Waals surface area (Å²) in [6.07, 6.45) is 1.21. The lowest BCUT2D eigenvalue weighted by Gasteiger charge is -2.19. The first kappa shape index (κ1) is 16.6. The Morgan fingerprint density at radius 1 is 1.16 bits per heavy atom. The van der Waals surface area contributed by atoms with E-state index in [-0.39, 0.29) is 0 Å². The van der Waals surface area contributed by atoms with Crippen molar-refractivity contribution in [3.05, 3.63) is 33.8 Å². The molecular weight excluding hydrogens is 302 g/mol. The van der Waals surface area contributed by atoms with Crippen LogP contribution in [0.1, 0.15) is 17.5 Å². The van der Waals surface area contributed by atoms with Gasteiger partial charge < -0.3 is 15.1 Å². The highest BCUT2D eigenvalue weighted by atomic mass is 79.9. The highest BCUT2D eigenvalue weighted by molar-refractivity contribution is 9.10. The molecule has 0 amide bonds. The van der Waals surface area contributed by atoms with E-state index in [2.05, 4.69) is 70.4 Å². The number of nitrogens with zero attached hydrogens (tertiary/aromatic N) is 2. The second kappa shape index (κ2) is 8.69. The number of hydrogen-bond acceptors (Lipinski definition) is 3. The SMILES string of the molecule is CNCc1ccc(CN(C)CCCN(C)C)c(Br)c1. The minimum Gasteiger partial charge on any atom is -0.316 e. The molecular formula is C15H26BrN3. The Morgan fingerprint density at radius 2 is 1.89 bits per heavy atom. The van der Waals surface area contributed by atoms with E-state index in [1.54, 1.807) is 0 Å². The van der Waals surface area contributed by atoms with Crippen molar-refractivity contribution in [1.82, 2.24) is 15.1 Å². The van der Waals surface area contributed by atoms with Crippen LogP contribution in [0.4, 0.5) is 0 Å². The minimum absolute atomic E-state index is 0.914. The van der Waals surface area contributed by atoms with E-state index < -0.39 is 0 Å². The molecule has 108 valence electrons. The van der Waals surface area contributed by atoms with Crippen LogP contribution in [0.25, 0.3) is 0 Å². The van der Waals surface area contributed by atoms with Crippen molar-refractivity contribution in [2.24, 2.45) is 0 Å². The molecule has 0 saturated carbocycles. The van der Waals surface area contributed by atoms with Crippen molar-refractivity contribution in [1.29, 1.82) is 0 Å². The Bertz CT molecular complexity index is 380. The second-order valence-corrected chi connectivity index (χ2v) is 6.21. The molecule has 0 spiro atoms. The maximum atomic E-state index is 3.67. The standard InChI is InChI=1S/C15H26BrN3/c1-17-11-13-6-7-14(15(16)10-13)12-19(4)9-5-8-18(2)3/h6-7,10,17H,5,8-9,11-12H2,1-4H3. The van der Waals surface area contributed by atoms with Gasteiger partial charge in [-0.1, -0.05) is 28.1 Å². The molecule has 1 rings (SSSR count). The van der Waals surface area contributed by atoms with Crippen molar-refractivity contribution in [3.63, 3.8) is 0 Å². The van der Waals surface area contributed by atoms with E-state index in [9.17, 15) is 0 Å². The maximum Gasteiger partial charge on any atom is 0.0241 e. The summed E-state index contributed by atoms with van der Waals surface area (Å²) >= 11 is 3.67. The van der Waals surface area contributed by atoms with Gasteiger partial charge in [0.15, 0.2) is 0 Å². The molecule has 0 aliphatic heterocycles. The van der Waals surface area contributed by atoms with E-state index in [0.29, 0.717) is 0 Å². The van der Waals surface area contributed by atoms with Crippen molar-refractivity contribution >= 4 is 15.9 Å². The average Bonchev–Trinajstić information content (AvgIpc) is 2.32. The first-order valence-electron chi connectivity index (χ1n) is 6.78. The van der Waals surface area contributed by atoms with Gasteiger partial charge >= 0.3 is 0 Å². The van der Waals surface area contributed by atoms with E-state index >= 15 is 0 Å². The normalized spacial score (nSPS) is 11.5. The van der Waals surface area contributed by atoms with E-state index in [1.165, 1.54) is 22.0 Å². The van der Waals surface area contributed by atoms with Crippen LogP contribution < -0.4 is 5.32 Å². The summed E-state index contributed by atoms with van der Waals surface area (Å²) in [5.41, 5.74) is 2.67. The quantitative estimate of drug-likeness (QED) is 0.791. The lowest BCUT2D eigenvalue weighted by Crippen LogP contribution is -2.23. The third kappa shape index (κ3) is 6.52. The molecule has 0 unspecified atom stereocenters. The first-order valence-corrected chi connectivity index (χ1v) is 7.57. The highest BCUT2D eigenvalue weighted by Crippen LogP contribution is 2.20. The maximum absolute atomic E-state index is 3.67. The first-order chi connectivity index (χ1) is 9.02. The molecule has 4 heteroatoms. The zero-order valence-corrected chi connectivity index (χ0v) is 14.1. The summed E-state index contributed by atoms with van der Waals surface area (Å²) in [6.45, 7) is 4.18. The Labute approximate surface area is 126 Å². The number of benzene rings is 1. The molecule has 0 aliphatic rings. The molecule has 1 aromatic rings. The second-order valence-electron chi connectivity index (χ2n) is 5.35. The summed E-state index contributed by atoms with van der Waals surface area (Å²) in [5, 5.41) is 3.17. The smallest absolute Gasteiger partial charge is 0.0241 e. The Hall–Kier alpha value is -0.420. The summed E-state index contributed by atoms with van der Waals surface area (Å²) in [6, 6.07) is 6.63. The van der Waals surface area contributed by atoms with Gasteiger partial charge in [0.2, 0.25) is 0 Å². The van der Waals surface area contributed by atoms with Crippen LogP contribution in [0.3, 0.4) is 0 Å². The molecule has 0 aliphatic carbocycles. The molecule has 3 nitrogen and oxygen atoms in total. The van der Waals surface area contributed by atoms with Crippen LogP contribution in [0, 0.1) is 0 Å². The van der Waals surface area contributed by atoms with Crippen molar-refractivity contribution in [2.75, 3.05) is 41.3 Å². The van der Waals surface area contributed by atoms with Crippen LogP contribution in [0.5, 0.6) is 0 Å². The van der Waals surface area contributed by atoms with Gasteiger partial charge in [0, 0.05) is 17.6 Å². The topological polar surface area (TPSA) is 18.5 Å². The summed E-state index contributed by atoms with van der Waals surface area (Å²) in [7, 11) is 8.40. The lowest BCUT2D eigenvalue weighted by atomic mass is 10.1. The third-order valence-electron chi connectivity index (χ3n) is 3.08. The van der Waals surface area contributed by atoms with Crippen LogP contribution in [-0.4, -0.2) is 51.1 Å². The van der Waals surface area contributed by atoms with Gasteiger partial charge in [0.1, 0.15) is 0 Å². The number of halogens is 1. The van der Waals surface area contributed by atoms with Gasteiger partial charge in [-0.25, -0.2) is 0 Å². The van der Waals surface area contributed by atoms with Crippen LogP contribution in [0.15, 0.2) is 22.7 Å². The van der Waals surface area contributed by atoms with Crippen molar-refractivity contribution in [3.8, 4) is 0 Å². The molecule has 19 heavy (non-hydrogen) atoms. The van der Waals surface area contributed by atoms with Gasteiger partial charge in [-0.15, -0.1) is 0 Å². The highest BCUT2D eigenvalue weighted by Gasteiger charge is 2.05. The minimum atomic E-state index is 0.914.